The Balaban J connectivity index is 1.27. The SMILES string of the molecule is O=C(NCc1ccccc1F)[C@H]1CC[C@H](Cc2nc3ccccc3[nH]2)CC1. The molecule has 1 heterocycles. The number of H-pyrrole nitrogens is 1. The van der Waals surface area contributed by atoms with Gasteiger partial charge in [0.2, 0.25) is 5.91 Å². The molecule has 0 aliphatic heterocycles. The van der Waals surface area contributed by atoms with Crippen molar-refractivity contribution in [1.29, 1.82) is 0 Å². The highest BCUT2D eigenvalue weighted by molar-refractivity contribution is 5.78. The number of halogens is 1. The van der Waals surface area contributed by atoms with E-state index in [0.717, 1.165) is 49.0 Å². The number of para-hydroxylation sites is 2. The van der Waals surface area contributed by atoms with Gasteiger partial charge in [-0.15, -0.1) is 0 Å². The predicted octanol–water partition coefficient (Wildman–Crippen LogP) is 4.37. The molecule has 1 aliphatic rings. The molecule has 2 aromatic carbocycles. The summed E-state index contributed by atoms with van der Waals surface area (Å²) >= 11 is 0. The Morgan fingerprint density at radius 3 is 2.59 bits per heavy atom. The minimum Gasteiger partial charge on any atom is -0.352 e. The molecule has 3 aromatic rings. The van der Waals surface area contributed by atoms with E-state index < -0.39 is 0 Å². The minimum atomic E-state index is -0.271. The molecule has 27 heavy (non-hydrogen) atoms. The first-order valence-electron chi connectivity index (χ1n) is 9.64. The van der Waals surface area contributed by atoms with Gasteiger partial charge in [-0.25, -0.2) is 9.37 Å². The molecule has 1 aliphatic carbocycles. The number of aromatic amines is 1. The van der Waals surface area contributed by atoms with Gasteiger partial charge in [0.05, 0.1) is 11.0 Å². The van der Waals surface area contributed by atoms with Crippen molar-refractivity contribution in [2.75, 3.05) is 0 Å². The number of amides is 1. The van der Waals surface area contributed by atoms with E-state index in [9.17, 15) is 9.18 Å². The maximum absolute atomic E-state index is 13.7. The van der Waals surface area contributed by atoms with Crippen molar-refractivity contribution in [3.63, 3.8) is 0 Å². The van der Waals surface area contributed by atoms with Gasteiger partial charge in [0, 0.05) is 24.4 Å². The van der Waals surface area contributed by atoms with Crippen LogP contribution in [0.3, 0.4) is 0 Å². The average Bonchev–Trinajstić information content (AvgIpc) is 3.10. The van der Waals surface area contributed by atoms with E-state index in [4.69, 9.17) is 0 Å². The number of aromatic nitrogens is 2. The molecule has 0 bridgehead atoms. The number of carbonyl (C=O) groups is 1. The van der Waals surface area contributed by atoms with Crippen LogP contribution in [0.25, 0.3) is 11.0 Å². The highest BCUT2D eigenvalue weighted by Gasteiger charge is 2.27. The first-order chi connectivity index (χ1) is 13.2. The second kappa shape index (κ2) is 7.91. The first-order valence-corrected chi connectivity index (χ1v) is 9.64. The number of carbonyl (C=O) groups excluding carboxylic acids is 1. The van der Waals surface area contributed by atoms with E-state index in [1.165, 1.54) is 6.07 Å². The number of hydrogen-bond donors (Lipinski definition) is 2. The minimum absolute atomic E-state index is 0.0312. The Bertz CT molecular complexity index is 895. The quantitative estimate of drug-likeness (QED) is 0.705. The molecule has 4 nitrogen and oxygen atoms in total. The molecule has 0 unspecified atom stereocenters. The lowest BCUT2D eigenvalue weighted by Crippen LogP contribution is -2.33. The summed E-state index contributed by atoms with van der Waals surface area (Å²) in [5.74, 6) is 1.39. The van der Waals surface area contributed by atoms with Crippen molar-refractivity contribution in [3.8, 4) is 0 Å². The highest BCUT2D eigenvalue weighted by Crippen LogP contribution is 2.31. The summed E-state index contributed by atoms with van der Waals surface area (Å²) in [6.45, 7) is 0.254. The molecule has 1 amide bonds. The third-order valence-electron chi connectivity index (χ3n) is 5.55. The number of imidazole rings is 1. The highest BCUT2D eigenvalue weighted by atomic mass is 19.1. The summed E-state index contributed by atoms with van der Waals surface area (Å²) < 4.78 is 13.7. The van der Waals surface area contributed by atoms with Gasteiger partial charge in [0.15, 0.2) is 0 Å². The van der Waals surface area contributed by atoms with Gasteiger partial charge >= 0.3 is 0 Å². The van der Waals surface area contributed by atoms with Crippen LogP contribution in [0.2, 0.25) is 0 Å². The smallest absolute Gasteiger partial charge is 0.223 e. The number of fused-ring (bicyclic) bond motifs is 1. The van der Waals surface area contributed by atoms with Gasteiger partial charge in [0.1, 0.15) is 11.6 Å². The van der Waals surface area contributed by atoms with E-state index in [0.29, 0.717) is 11.5 Å². The van der Waals surface area contributed by atoms with Crippen molar-refractivity contribution in [2.45, 2.75) is 38.6 Å². The second-order valence-electron chi connectivity index (χ2n) is 7.43. The maximum Gasteiger partial charge on any atom is 0.223 e. The molecule has 1 aromatic heterocycles. The second-order valence-corrected chi connectivity index (χ2v) is 7.43. The number of benzene rings is 2. The zero-order chi connectivity index (χ0) is 18.6. The van der Waals surface area contributed by atoms with E-state index >= 15 is 0 Å². The Kier molecular flexibility index (Phi) is 5.19. The standard InChI is InChI=1S/C22H24FN3O/c23-18-6-2-1-5-17(18)14-24-22(27)16-11-9-15(10-12-16)13-21-25-19-7-3-4-8-20(19)26-21/h1-8,15-16H,9-14H2,(H,24,27)(H,25,26)/t15-,16-. The summed E-state index contributed by atoms with van der Waals surface area (Å²) in [5, 5.41) is 2.89. The topological polar surface area (TPSA) is 57.8 Å². The Morgan fingerprint density at radius 2 is 1.81 bits per heavy atom. The Morgan fingerprint density at radius 1 is 1.07 bits per heavy atom. The lowest BCUT2D eigenvalue weighted by atomic mass is 9.80. The number of nitrogens with zero attached hydrogens (tertiary/aromatic N) is 1. The van der Waals surface area contributed by atoms with Crippen LogP contribution in [0.4, 0.5) is 4.39 Å². The summed E-state index contributed by atoms with van der Waals surface area (Å²) in [5.41, 5.74) is 2.62. The summed E-state index contributed by atoms with van der Waals surface area (Å²) in [6.07, 6.45) is 4.74. The Labute approximate surface area is 158 Å². The van der Waals surface area contributed by atoms with Crippen LogP contribution < -0.4 is 5.32 Å². The summed E-state index contributed by atoms with van der Waals surface area (Å²) in [4.78, 5) is 20.5. The van der Waals surface area contributed by atoms with Crippen LogP contribution in [0.1, 0.15) is 37.1 Å². The maximum atomic E-state index is 13.7. The molecule has 2 N–H and O–H groups in total. The van der Waals surface area contributed by atoms with E-state index in [1.807, 2.05) is 24.3 Å². The third-order valence-corrected chi connectivity index (χ3v) is 5.55. The largest absolute Gasteiger partial charge is 0.352 e. The Hall–Kier alpha value is -2.69. The van der Waals surface area contributed by atoms with Gasteiger partial charge in [0.25, 0.3) is 0 Å². The van der Waals surface area contributed by atoms with Gasteiger partial charge in [-0.05, 0) is 49.8 Å². The predicted molar refractivity (Wildman–Crippen MR) is 103 cm³/mol. The van der Waals surface area contributed by atoms with Gasteiger partial charge < -0.3 is 10.3 Å². The van der Waals surface area contributed by atoms with Crippen molar-refractivity contribution in [2.24, 2.45) is 11.8 Å². The van der Waals surface area contributed by atoms with Gasteiger partial charge in [-0.3, -0.25) is 4.79 Å². The van der Waals surface area contributed by atoms with Crippen molar-refractivity contribution in [1.82, 2.24) is 15.3 Å². The molecular formula is C22H24FN3O. The molecular weight excluding hydrogens is 341 g/mol. The molecule has 1 fully saturated rings. The van der Waals surface area contributed by atoms with E-state index in [-0.39, 0.29) is 24.2 Å². The third kappa shape index (κ3) is 4.18. The lowest BCUT2D eigenvalue weighted by Gasteiger charge is -2.27. The molecule has 0 radical (unpaired) electrons. The van der Waals surface area contributed by atoms with Crippen LogP contribution in [0.5, 0.6) is 0 Å². The molecule has 1 saturated carbocycles. The van der Waals surface area contributed by atoms with Crippen LogP contribution in [-0.4, -0.2) is 15.9 Å². The lowest BCUT2D eigenvalue weighted by molar-refractivity contribution is -0.126. The van der Waals surface area contributed by atoms with Crippen molar-refractivity contribution in [3.05, 3.63) is 65.7 Å². The number of nitrogens with one attached hydrogen (secondary N) is 2. The molecule has 0 saturated heterocycles. The zero-order valence-corrected chi connectivity index (χ0v) is 15.2. The van der Waals surface area contributed by atoms with Crippen LogP contribution in [0.15, 0.2) is 48.5 Å². The molecule has 0 spiro atoms. The average molecular weight is 365 g/mol. The summed E-state index contributed by atoms with van der Waals surface area (Å²) in [7, 11) is 0. The van der Waals surface area contributed by atoms with Gasteiger partial charge in [-0.2, -0.15) is 0 Å². The summed E-state index contributed by atoms with van der Waals surface area (Å²) in [6, 6.07) is 14.6. The number of hydrogen-bond acceptors (Lipinski definition) is 2. The van der Waals surface area contributed by atoms with Crippen LogP contribution in [0, 0.1) is 17.7 Å². The van der Waals surface area contributed by atoms with E-state index in [1.54, 1.807) is 18.2 Å². The molecule has 4 rings (SSSR count). The van der Waals surface area contributed by atoms with Crippen molar-refractivity contribution < 1.29 is 9.18 Å². The van der Waals surface area contributed by atoms with Crippen LogP contribution in [-0.2, 0) is 17.8 Å². The fourth-order valence-electron chi connectivity index (χ4n) is 3.97. The fourth-order valence-corrected chi connectivity index (χ4v) is 3.97. The normalized spacial score (nSPS) is 19.9. The molecule has 5 heteroatoms. The number of rotatable bonds is 5. The monoisotopic (exact) mass is 365 g/mol. The zero-order valence-electron chi connectivity index (χ0n) is 15.2. The van der Waals surface area contributed by atoms with Gasteiger partial charge in [-0.1, -0.05) is 30.3 Å². The van der Waals surface area contributed by atoms with Crippen LogP contribution >= 0.6 is 0 Å². The molecule has 0 atom stereocenters. The fraction of sp³-hybridized carbons (Fsp3) is 0.364. The first kappa shape index (κ1) is 17.7. The van der Waals surface area contributed by atoms with E-state index in [2.05, 4.69) is 15.3 Å². The van der Waals surface area contributed by atoms with Crippen molar-refractivity contribution >= 4 is 16.9 Å². The molecule has 140 valence electrons.